The highest BCUT2D eigenvalue weighted by molar-refractivity contribution is 6.03. The van der Waals surface area contributed by atoms with Crippen LogP contribution in [0.4, 0.5) is 0 Å². The first-order valence-electron chi connectivity index (χ1n) is 7.37. The smallest absolute Gasteiger partial charge is 0.255 e. The first-order valence-corrected chi connectivity index (χ1v) is 7.37. The average Bonchev–Trinajstić information content (AvgIpc) is 2.48. The van der Waals surface area contributed by atoms with Gasteiger partial charge in [0.25, 0.3) is 5.91 Å². The Morgan fingerprint density at radius 2 is 2.05 bits per heavy atom. The number of nitrogens with one attached hydrogen (secondary N) is 2. The van der Waals surface area contributed by atoms with Crippen molar-refractivity contribution in [1.82, 2.24) is 10.6 Å². The number of amides is 1. The number of phenolic OH excluding ortho intramolecular Hbond substituents is 1. The molecule has 1 aliphatic heterocycles. The minimum Gasteiger partial charge on any atom is -0.506 e. The molecule has 2 aromatic carbocycles. The lowest BCUT2D eigenvalue weighted by molar-refractivity contribution is 0.0923. The Balaban J connectivity index is 1.83. The molecule has 110 valence electrons. The molecule has 1 amide bonds. The quantitative estimate of drug-likeness (QED) is 0.793. The molecule has 1 saturated heterocycles. The van der Waals surface area contributed by atoms with E-state index in [9.17, 15) is 9.90 Å². The monoisotopic (exact) mass is 284 g/mol. The number of carbonyl (C=O) groups is 1. The van der Waals surface area contributed by atoms with Gasteiger partial charge in [-0.2, -0.15) is 0 Å². The van der Waals surface area contributed by atoms with Gasteiger partial charge < -0.3 is 15.7 Å². The van der Waals surface area contributed by atoms with Gasteiger partial charge in [0.2, 0.25) is 0 Å². The molecule has 0 bridgehead atoms. The van der Waals surface area contributed by atoms with Crippen LogP contribution < -0.4 is 10.6 Å². The molecule has 0 aliphatic carbocycles. The number of phenols is 1. The molecule has 1 aliphatic rings. The fourth-order valence-corrected chi connectivity index (χ4v) is 2.97. The Hall–Kier alpha value is -2.07. The largest absolute Gasteiger partial charge is 0.506 e. The van der Waals surface area contributed by atoms with Crippen molar-refractivity contribution in [3.8, 4) is 5.75 Å². The van der Waals surface area contributed by atoms with Crippen LogP contribution in [0.2, 0.25) is 0 Å². The van der Waals surface area contributed by atoms with Gasteiger partial charge in [-0.05, 0) is 30.3 Å². The number of carbonyl (C=O) groups excluding carboxylic acids is 1. The number of hydrogen-bond donors (Lipinski definition) is 3. The van der Waals surface area contributed by atoms with E-state index in [4.69, 9.17) is 0 Å². The highest BCUT2D eigenvalue weighted by Crippen LogP contribution is 2.28. The topological polar surface area (TPSA) is 61.4 Å². The summed E-state index contributed by atoms with van der Waals surface area (Å²) in [5.74, 6) is 0.399. The van der Waals surface area contributed by atoms with Crippen molar-refractivity contribution in [2.45, 2.75) is 19.4 Å². The second-order valence-corrected chi connectivity index (χ2v) is 5.85. The average molecular weight is 284 g/mol. The molecule has 3 rings (SSSR count). The molecule has 2 unspecified atom stereocenters. The summed E-state index contributed by atoms with van der Waals surface area (Å²) in [4.78, 5) is 12.4. The van der Waals surface area contributed by atoms with Crippen LogP contribution >= 0.6 is 0 Å². The van der Waals surface area contributed by atoms with Crippen LogP contribution in [-0.2, 0) is 0 Å². The van der Waals surface area contributed by atoms with E-state index in [2.05, 4.69) is 17.6 Å². The first kappa shape index (κ1) is 13.9. The molecular formula is C17H20N2O2. The van der Waals surface area contributed by atoms with Crippen molar-refractivity contribution < 1.29 is 9.90 Å². The van der Waals surface area contributed by atoms with E-state index in [1.807, 2.05) is 30.3 Å². The molecule has 2 aromatic rings. The summed E-state index contributed by atoms with van der Waals surface area (Å²) in [5.41, 5.74) is 0.340. The standard InChI is InChI=1S/C17H20N2O2/c1-11-8-13(10-18-9-11)19-17(21)15-7-6-12-4-2-3-5-14(12)16(15)20/h2-7,11,13,18,20H,8-10H2,1H3,(H,19,21). The van der Waals surface area contributed by atoms with Gasteiger partial charge in [-0.25, -0.2) is 0 Å². The Bertz CT molecular complexity index is 669. The fourth-order valence-electron chi connectivity index (χ4n) is 2.97. The highest BCUT2D eigenvalue weighted by Gasteiger charge is 2.22. The van der Waals surface area contributed by atoms with Crippen molar-refractivity contribution in [1.29, 1.82) is 0 Å². The van der Waals surface area contributed by atoms with Crippen LogP contribution in [0.25, 0.3) is 10.8 Å². The summed E-state index contributed by atoms with van der Waals surface area (Å²) in [6.45, 7) is 3.94. The highest BCUT2D eigenvalue weighted by atomic mass is 16.3. The van der Waals surface area contributed by atoms with E-state index in [0.717, 1.165) is 24.9 Å². The molecule has 0 radical (unpaired) electrons. The van der Waals surface area contributed by atoms with Crippen LogP contribution in [0.3, 0.4) is 0 Å². The van der Waals surface area contributed by atoms with Gasteiger partial charge in [0, 0.05) is 18.0 Å². The van der Waals surface area contributed by atoms with Crippen molar-refractivity contribution in [2.24, 2.45) is 5.92 Å². The van der Waals surface area contributed by atoms with Gasteiger partial charge >= 0.3 is 0 Å². The van der Waals surface area contributed by atoms with Crippen molar-refractivity contribution in [3.05, 3.63) is 42.0 Å². The van der Waals surface area contributed by atoms with Gasteiger partial charge in [-0.15, -0.1) is 0 Å². The van der Waals surface area contributed by atoms with E-state index >= 15 is 0 Å². The van der Waals surface area contributed by atoms with Gasteiger partial charge in [-0.1, -0.05) is 37.3 Å². The van der Waals surface area contributed by atoms with Crippen LogP contribution in [0.5, 0.6) is 5.75 Å². The summed E-state index contributed by atoms with van der Waals surface area (Å²) < 4.78 is 0. The third-order valence-corrected chi connectivity index (χ3v) is 4.05. The van der Waals surface area contributed by atoms with Crippen molar-refractivity contribution >= 4 is 16.7 Å². The molecule has 3 N–H and O–H groups in total. The molecule has 1 heterocycles. The number of piperidine rings is 1. The molecule has 21 heavy (non-hydrogen) atoms. The lowest BCUT2D eigenvalue weighted by atomic mass is 9.97. The Kier molecular flexibility index (Phi) is 3.80. The van der Waals surface area contributed by atoms with E-state index in [1.54, 1.807) is 6.07 Å². The van der Waals surface area contributed by atoms with Gasteiger partial charge in [0.15, 0.2) is 0 Å². The van der Waals surface area contributed by atoms with Crippen LogP contribution in [0.15, 0.2) is 36.4 Å². The maximum atomic E-state index is 12.4. The summed E-state index contributed by atoms with van der Waals surface area (Å²) in [7, 11) is 0. The predicted octanol–water partition coefficient (Wildman–Crippen LogP) is 2.27. The summed E-state index contributed by atoms with van der Waals surface area (Å²) in [6.07, 6.45) is 0.965. The number of aromatic hydroxyl groups is 1. The van der Waals surface area contributed by atoms with E-state index in [1.165, 1.54) is 0 Å². The maximum Gasteiger partial charge on any atom is 0.255 e. The SMILES string of the molecule is CC1CNCC(NC(=O)c2ccc3ccccc3c2O)C1. The summed E-state index contributed by atoms with van der Waals surface area (Å²) in [5, 5.41) is 18.3. The lowest BCUT2D eigenvalue weighted by Gasteiger charge is -2.28. The Morgan fingerprint density at radius 3 is 2.86 bits per heavy atom. The van der Waals surface area contributed by atoms with Crippen LogP contribution in [-0.4, -0.2) is 30.1 Å². The minimum absolute atomic E-state index is 0.0578. The zero-order chi connectivity index (χ0) is 14.8. The Morgan fingerprint density at radius 1 is 1.24 bits per heavy atom. The zero-order valence-electron chi connectivity index (χ0n) is 12.1. The Labute approximate surface area is 124 Å². The molecule has 0 saturated carbocycles. The molecule has 1 fully saturated rings. The van der Waals surface area contributed by atoms with E-state index < -0.39 is 0 Å². The predicted molar refractivity (Wildman–Crippen MR) is 83.5 cm³/mol. The second kappa shape index (κ2) is 5.74. The van der Waals surface area contributed by atoms with Gasteiger partial charge in [-0.3, -0.25) is 4.79 Å². The van der Waals surface area contributed by atoms with Crippen LogP contribution in [0, 0.1) is 5.92 Å². The molecule has 0 aromatic heterocycles. The molecule has 2 atom stereocenters. The van der Waals surface area contributed by atoms with E-state index in [0.29, 0.717) is 16.9 Å². The molecule has 4 nitrogen and oxygen atoms in total. The van der Waals surface area contributed by atoms with Gasteiger partial charge in [0.1, 0.15) is 5.75 Å². The first-order chi connectivity index (χ1) is 10.1. The van der Waals surface area contributed by atoms with Gasteiger partial charge in [0.05, 0.1) is 5.56 Å². The molecule has 4 heteroatoms. The fraction of sp³-hybridized carbons (Fsp3) is 0.353. The number of fused-ring (bicyclic) bond motifs is 1. The minimum atomic E-state index is -0.209. The summed E-state index contributed by atoms with van der Waals surface area (Å²) >= 11 is 0. The molecule has 0 spiro atoms. The van der Waals surface area contributed by atoms with Crippen molar-refractivity contribution in [3.63, 3.8) is 0 Å². The number of benzene rings is 2. The maximum absolute atomic E-state index is 12.4. The lowest BCUT2D eigenvalue weighted by Crippen LogP contribution is -2.48. The van der Waals surface area contributed by atoms with Crippen LogP contribution in [0.1, 0.15) is 23.7 Å². The second-order valence-electron chi connectivity index (χ2n) is 5.85. The number of rotatable bonds is 2. The van der Waals surface area contributed by atoms with Crippen molar-refractivity contribution in [2.75, 3.05) is 13.1 Å². The molecular weight excluding hydrogens is 264 g/mol. The van der Waals surface area contributed by atoms with E-state index in [-0.39, 0.29) is 17.7 Å². The normalized spacial score (nSPS) is 22.1. The third kappa shape index (κ3) is 2.85. The third-order valence-electron chi connectivity index (χ3n) is 4.05. The number of hydrogen-bond acceptors (Lipinski definition) is 3. The zero-order valence-corrected chi connectivity index (χ0v) is 12.1. The summed E-state index contributed by atoms with van der Waals surface area (Å²) in [6, 6.07) is 11.2.